The van der Waals surface area contributed by atoms with Gasteiger partial charge in [-0.2, -0.15) is 0 Å². The van der Waals surface area contributed by atoms with Crippen molar-refractivity contribution in [3.8, 4) is 0 Å². The second kappa shape index (κ2) is 10.1. The Morgan fingerprint density at radius 3 is 2.89 bits per heavy atom. The highest BCUT2D eigenvalue weighted by Crippen LogP contribution is 2.30. The van der Waals surface area contributed by atoms with Crippen LogP contribution in [0.3, 0.4) is 0 Å². The Morgan fingerprint density at radius 1 is 1.39 bits per heavy atom. The van der Waals surface area contributed by atoms with E-state index in [2.05, 4.69) is 21.8 Å². The molecule has 0 amide bonds. The Labute approximate surface area is 170 Å². The van der Waals surface area contributed by atoms with Crippen molar-refractivity contribution in [3.05, 3.63) is 12.0 Å². The number of ether oxygens (including phenoxy) is 2. The topological polar surface area (TPSA) is 81.3 Å². The smallest absolute Gasteiger partial charge is 0.326 e. The third-order valence-electron chi connectivity index (χ3n) is 4.99. The van der Waals surface area contributed by atoms with Gasteiger partial charge in [-0.3, -0.25) is 14.7 Å². The number of aromatic nitrogens is 2. The van der Waals surface area contributed by atoms with Crippen molar-refractivity contribution in [2.24, 2.45) is 15.9 Å². The van der Waals surface area contributed by atoms with Gasteiger partial charge >= 0.3 is 5.97 Å². The zero-order chi connectivity index (χ0) is 19.9. The number of hydrogen-bond donors (Lipinski definition) is 0. The Kier molecular flexibility index (Phi) is 7.58. The van der Waals surface area contributed by atoms with Crippen molar-refractivity contribution in [1.82, 2.24) is 14.5 Å². The van der Waals surface area contributed by atoms with Gasteiger partial charge in [0.1, 0.15) is 17.4 Å². The van der Waals surface area contributed by atoms with E-state index < -0.39 is 0 Å². The summed E-state index contributed by atoms with van der Waals surface area (Å²) in [7, 11) is 0. The Bertz CT molecular complexity index is 740. The molecule has 1 fully saturated rings. The van der Waals surface area contributed by atoms with Crippen LogP contribution in [-0.2, 0) is 20.8 Å². The van der Waals surface area contributed by atoms with Gasteiger partial charge in [0.25, 0.3) is 0 Å². The first kappa shape index (κ1) is 21.0. The number of morpholine rings is 1. The van der Waals surface area contributed by atoms with Crippen molar-refractivity contribution in [1.29, 1.82) is 0 Å². The monoisotopic (exact) mass is 409 g/mol. The van der Waals surface area contributed by atoms with Crippen LogP contribution in [-0.4, -0.2) is 77.3 Å². The molecular weight excluding hydrogens is 382 g/mol. The van der Waals surface area contributed by atoms with Crippen LogP contribution in [0.15, 0.2) is 16.3 Å². The zero-order valence-electron chi connectivity index (χ0n) is 16.6. The predicted octanol–water partition coefficient (Wildman–Crippen LogP) is 2.27. The molecule has 1 aromatic rings. The molecule has 9 heteroatoms. The van der Waals surface area contributed by atoms with E-state index in [1.54, 1.807) is 17.8 Å². The fraction of sp³-hybridized carbons (Fsp3) is 0.684. The highest BCUT2D eigenvalue weighted by Gasteiger charge is 2.27. The molecule has 28 heavy (non-hydrogen) atoms. The molecular formula is C19H28ClN5O3. The second-order valence-electron chi connectivity index (χ2n) is 6.88. The molecule has 154 valence electrons. The quantitative estimate of drug-likeness (QED) is 0.645. The maximum atomic E-state index is 11.9. The minimum absolute atomic E-state index is 0.0572. The van der Waals surface area contributed by atoms with Crippen LogP contribution >= 0.6 is 11.6 Å². The number of carbonyl (C=O) groups excluding carboxylic acids is 1. The lowest BCUT2D eigenvalue weighted by Gasteiger charge is -2.25. The van der Waals surface area contributed by atoms with Crippen molar-refractivity contribution in [3.63, 3.8) is 0 Å². The molecule has 3 rings (SSSR count). The highest BCUT2D eigenvalue weighted by atomic mass is 35.5. The number of imidazole rings is 1. The lowest BCUT2D eigenvalue weighted by atomic mass is 9.99. The first-order chi connectivity index (χ1) is 13.6. The SMILES string of the molecule is CCOC(=O)Cn1cnc2c1N=C(Cl)C(CC)CC2=NCCN1CCOCC1. The van der Waals surface area contributed by atoms with Crippen LogP contribution in [0.2, 0.25) is 0 Å². The minimum Gasteiger partial charge on any atom is -0.465 e. The van der Waals surface area contributed by atoms with Gasteiger partial charge < -0.3 is 14.0 Å². The molecule has 0 aromatic carbocycles. The molecule has 1 aromatic heterocycles. The van der Waals surface area contributed by atoms with Crippen LogP contribution in [0.4, 0.5) is 5.82 Å². The number of carbonyl (C=O) groups is 1. The second-order valence-corrected chi connectivity index (χ2v) is 7.26. The van der Waals surface area contributed by atoms with Gasteiger partial charge in [-0.25, -0.2) is 9.98 Å². The van der Waals surface area contributed by atoms with E-state index >= 15 is 0 Å². The molecule has 0 bridgehead atoms. The number of halogens is 1. The first-order valence-corrected chi connectivity index (χ1v) is 10.3. The predicted molar refractivity (Wildman–Crippen MR) is 109 cm³/mol. The molecule has 0 N–H and O–H groups in total. The van der Waals surface area contributed by atoms with Crippen LogP contribution < -0.4 is 0 Å². The number of fused-ring (bicyclic) bond motifs is 1. The van der Waals surface area contributed by atoms with Gasteiger partial charge in [0.2, 0.25) is 0 Å². The molecule has 0 saturated carbocycles. The molecule has 2 aliphatic rings. The largest absolute Gasteiger partial charge is 0.465 e. The fourth-order valence-corrected chi connectivity index (χ4v) is 3.68. The third kappa shape index (κ3) is 5.18. The molecule has 0 aliphatic carbocycles. The van der Waals surface area contributed by atoms with Crippen LogP contribution in [0.5, 0.6) is 0 Å². The summed E-state index contributed by atoms with van der Waals surface area (Å²) in [6.45, 7) is 9.28. The summed E-state index contributed by atoms with van der Waals surface area (Å²) in [5.74, 6) is 0.365. The summed E-state index contributed by atoms with van der Waals surface area (Å²) >= 11 is 6.48. The molecule has 1 atom stereocenters. The number of nitrogens with zero attached hydrogens (tertiary/aromatic N) is 5. The Balaban J connectivity index is 1.80. The normalized spacial score (nSPS) is 21.9. The zero-order valence-corrected chi connectivity index (χ0v) is 17.3. The van der Waals surface area contributed by atoms with Crippen LogP contribution in [0, 0.1) is 5.92 Å². The van der Waals surface area contributed by atoms with Gasteiger partial charge in [-0.05, 0) is 13.3 Å². The summed E-state index contributed by atoms with van der Waals surface area (Å²) < 4.78 is 12.1. The maximum Gasteiger partial charge on any atom is 0.326 e. The van der Waals surface area contributed by atoms with Crippen molar-refractivity contribution in [2.75, 3.05) is 46.0 Å². The highest BCUT2D eigenvalue weighted by molar-refractivity contribution is 6.66. The van der Waals surface area contributed by atoms with E-state index in [0.717, 1.165) is 45.0 Å². The third-order valence-corrected chi connectivity index (χ3v) is 5.39. The lowest BCUT2D eigenvalue weighted by Crippen LogP contribution is -2.37. The van der Waals surface area contributed by atoms with Crippen LogP contribution in [0.25, 0.3) is 0 Å². The average Bonchev–Trinajstić information content (AvgIpc) is 3.01. The average molecular weight is 410 g/mol. The number of rotatable bonds is 7. The van der Waals surface area contributed by atoms with E-state index in [-0.39, 0.29) is 18.4 Å². The number of hydrogen-bond acceptors (Lipinski definition) is 7. The van der Waals surface area contributed by atoms with Gasteiger partial charge in [0.15, 0.2) is 5.82 Å². The number of esters is 1. The van der Waals surface area contributed by atoms with E-state index in [0.29, 0.717) is 36.3 Å². The molecule has 1 unspecified atom stereocenters. The number of aliphatic imine (C=N–C) groups is 2. The maximum absolute atomic E-state index is 11.9. The first-order valence-electron chi connectivity index (χ1n) is 9.91. The summed E-state index contributed by atoms with van der Waals surface area (Å²) in [4.78, 5) is 28.2. The Morgan fingerprint density at radius 2 is 2.18 bits per heavy atom. The van der Waals surface area contributed by atoms with E-state index in [1.165, 1.54) is 0 Å². The molecule has 3 heterocycles. The van der Waals surface area contributed by atoms with Crippen molar-refractivity contribution < 1.29 is 14.3 Å². The van der Waals surface area contributed by atoms with Crippen molar-refractivity contribution >= 4 is 34.3 Å². The lowest BCUT2D eigenvalue weighted by molar-refractivity contribution is -0.143. The molecule has 2 aliphatic heterocycles. The standard InChI is InChI=1S/C19H28ClN5O3/c1-3-14-11-15(21-5-6-24-7-9-27-10-8-24)17-19(23-18(14)20)25(13-22-17)12-16(26)28-4-2/h13-14H,3-12H2,1-2H3. The summed E-state index contributed by atoms with van der Waals surface area (Å²) in [5, 5.41) is 0.535. The molecule has 8 nitrogen and oxygen atoms in total. The van der Waals surface area contributed by atoms with E-state index in [1.807, 2.05) is 0 Å². The van der Waals surface area contributed by atoms with Gasteiger partial charge in [0.05, 0.1) is 38.4 Å². The molecule has 0 spiro atoms. The van der Waals surface area contributed by atoms with Gasteiger partial charge in [0, 0.05) is 32.0 Å². The summed E-state index contributed by atoms with van der Waals surface area (Å²) in [6.07, 6.45) is 3.18. The Hall–Kier alpha value is -1.77. The van der Waals surface area contributed by atoms with Gasteiger partial charge in [-0.15, -0.1) is 0 Å². The molecule has 0 radical (unpaired) electrons. The van der Waals surface area contributed by atoms with E-state index in [9.17, 15) is 4.79 Å². The van der Waals surface area contributed by atoms with E-state index in [4.69, 9.17) is 26.1 Å². The van der Waals surface area contributed by atoms with Crippen molar-refractivity contribution in [2.45, 2.75) is 33.2 Å². The summed E-state index contributed by atoms with van der Waals surface area (Å²) in [5.41, 5.74) is 1.61. The fourth-order valence-electron chi connectivity index (χ4n) is 3.37. The van der Waals surface area contributed by atoms with Crippen LogP contribution in [0.1, 0.15) is 32.4 Å². The summed E-state index contributed by atoms with van der Waals surface area (Å²) in [6, 6.07) is 0. The minimum atomic E-state index is -0.323. The molecule has 1 saturated heterocycles. The van der Waals surface area contributed by atoms with Gasteiger partial charge in [-0.1, -0.05) is 18.5 Å².